The standard InChI is InChI=1S/C23H15Cl3N4OS/c24-15-8-5-13(17(26)12-15)7-10-21(31)30-23(32)29-20-11-14(6-9-16(20)25)22-27-18-3-1-2-4-19(18)28-22/h1-12H,(H,27,28)(H2,29,30,31,32)/b10-7+. The summed E-state index contributed by atoms with van der Waals surface area (Å²) in [5.41, 5.74) is 3.82. The van der Waals surface area contributed by atoms with Crippen molar-refractivity contribution in [1.82, 2.24) is 15.3 Å². The van der Waals surface area contributed by atoms with Crippen LogP contribution in [-0.2, 0) is 4.79 Å². The summed E-state index contributed by atoms with van der Waals surface area (Å²) in [5.74, 6) is 0.279. The molecule has 0 fully saturated rings. The molecule has 1 amide bonds. The highest BCUT2D eigenvalue weighted by Crippen LogP contribution is 2.29. The average Bonchev–Trinajstić information content (AvgIpc) is 3.19. The summed E-state index contributed by atoms with van der Waals surface area (Å²) in [4.78, 5) is 20.1. The minimum Gasteiger partial charge on any atom is -0.338 e. The quantitative estimate of drug-likeness (QED) is 0.214. The van der Waals surface area contributed by atoms with E-state index in [1.165, 1.54) is 6.08 Å². The van der Waals surface area contributed by atoms with Gasteiger partial charge in [0.2, 0.25) is 5.91 Å². The van der Waals surface area contributed by atoms with Crippen LogP contribution in [0.3, 0.4) is 0 Å². The van der Waals surface area contributed by atoms with Gasteiger partial charge in [-0.3, -0.25) is 10.1 Å². The van der Waals surface area contributed by atoms with Gasteiger partial charge in [-0.2, -0.15) is 0 Å². The second kappa shape index (κ2) is 9.71. The molecular formula is C23H15Cl3N4OS. The van der Waals surface area contributed by atoms with Gasteiger partial charge in [-0.15, -0.1) is 0 Å². The number of para-hydroxylation sites is 2. The molecule has 0 atom stereocenters. The fourth-order valence-corrected chi connectivity index (χ4v) is 3.81. The number of anilines is 1. The number of carbonyl (C=O) groups excluding carboxylic acids is 1. The maximum Gasteiger partial charge on any atom is 0.250 e. The van der Waals surface area contributed by atoms with Gasteiger partial charge in [0, 0.05) is 21.7 Å². The highest BCUT2D eigenvalue weighted by molar-refractivity contribution is 7.80. The number of hydrogen-bond donors (Lipinski definition) is 3. The van der Waals surface area contributed by atoms with Gasteiger partial charge >= 0.3 is 0 Å². The Labute approximate surface area is 204 Å². The summed E-state index contributed by atoms with van der Waals surface area (Å²) in [7, 11) is 0. The molecule has 0 bridgehead atoms. The lowest BCUT2D eigenvalue weighted by atomic mass is 10.2. The van der Waals surface area contributed by atoms with E-state index in [2.05, 4.69) is 20.6 Å². The van der Waals surface area contributed by atoms with Crippen LogP contribution in [0.4, 0.5) is 5.69 Å². The van der Waals surface area contributed by atoms with Crippen molar-refractivity contribution in [3.63, 3.8) is 0 Å². The van der Waals surface area contributed by atoms with Gasteiger partial charge in [0.05, 0.1) is 21.7 Å². The molecule has 1 aromatic heterocycles. The zero-order chi connectivity index (χ0) is 22.7. The zero-order valence-electron chi connectivity index (χ0n) is 16.3. The van der Waals surface area contributed by atoms with Crippen LogP contribution in [0.25, 0.3) is 28.5 Å². The molecule has 0 aliphatic carbocycles. The molecule has 0 radical (unpaired) electrons. The number of benzene rings is 3. The number of nitrogens with zero attached hydrogens (tertiary/aromatic N) is 1. The van der Waals surface area contributed by atoms with Crippen molar-refractivity contribution in [1.29, 1.82) is 0 Å². The van der Waals surface area contributed by atoms with Crippen LogP contribution in [0.15, 0.2) is 66.7 Å². The topological polar surface area (TPSA) is 69.8 Å². The molecule has 160 valence electrons. The van der Waals surface area contributed by atoms with Gasteiger partial charge in [-0.1, -0.05) is 53.0 Å². The Bertz CT molecular complexity index is 1330. The second-order valence-corrected chi connectivity index (χ2v) is 8.40. The number of aromatic amines is 1. The van der Waals surface area contributed by atoms with E-state index in [1.807, 2.05) is 36.4 Å². The molecule has 0 saturated carbocycles. The Kier molecular flexibility index (Phi) is 6.77. The number of nitrogens with one attached hydrogen (secondary N) is 3. The second-order valence-electron chi connectivity index (χ2n) is 6.74. The smallest absolute Gasteiger partial charge is 0.250 e. The molecule has 9 heteroatoms. The van der Waals surface area contributed by atoms with Gasteiger partial charge < -0.3 is 10.3 Å². The first kappa shape index (κ1) is 22.3. The Balaban J connectivity index is 1.45. The average molecular weight is 502 g/mol. The SMILES string of the molecule is O=C(/C=C/c1ccc(Cl)cc1Cl)NC(=S)Nc1cc(-c2nc3ccccc3[nH]2)ccc1Cl. The van der Waals surface area contributed by atoms with Crippen molar-refractivity contribution >= 4 is 80.8 Å². The fraction of sp³-hybridized carbons (Fsp3) is 0. The zero-order valence-corrected chi connectivity index (χ0v) is 19.4. The van der Waals surface area contributed by atoms with Crippen LogP contribution < -0.4 is 10.6 Å². The normalized spacial score (nSPS) is 11.1. The largest absolute Gasteiger partial charge is 0.338 e. The highest BCUT2D eigenvalue weighted by Gasteiger charge is 2.10. The molecule has 3 aromatic carbocycles. The monoisotopic (exact) mass is 500 g/mol. The first-order chi connectivity index (χ1) is 15.4. The third kappa shape index (κ3) is 5.29. The summed E-state index contributed by atoms with van der Waals surface area (Å²) >= 11 is 23.6. The molecule has 32 heavy (non-hydrogen) atoms. The number of halogens is 3. The lowest BCUT2D eigenvalue weighted by Gasteiger charge is -2.11. The Hall–Kier alpha value is -2.90. The van der Waals surface area contributed by atoms with Crippen molar-refractivity contribution in [2.24, 2.45) is 0 Å². The number of imidazole rings is 1. The molecule has 0 saturated heterocycles. The molecular weight excluding hydrogens is 487 g/mol. The number of rotatable bonds is 4. The van der Waals surface area contributed by atoms with Crippen LogP contribution in [0.1, 0.15) is 5.56 Å². The Morgan fingerprint density at radius 2 is 1.81 bits per heavy atom. The van der Waals surface area contributed by atoms with Gasteiger partial charge in [-0.05, 0) is 66.3 Å². The third-order valence-electron chi connectivity index (χ3n) is 4.49. The highest BCUT2D eigenvalue weighted by atomic mass is 35.5. The van der Waals surface area contributed by atoms with Crippen LogP contribution in [0.2, 0.25) is 15.1 Å². The number of carbonyl (C=O) groups is 1. The summed E-state index contributed by atoms with van der Waals surface area (Å²) < 4.78 is 0. The molecule has 4 rings (SSSR count). The van der Waals surface area contributed by atoms with Crippen LogP contribution in [0.5, 0.6) is 0 Å². The van der Waals surface area contributed by atoms with Gasteiger partial charge in [-0.25, -0.2) is 4.98 Å². The van der Waals surface area contributed by atoms with Crippen molar-refractivity contribution in [2.45, 2.75) is 0 Å². The van der Waals surface area contributed by atoms with E-state index >= 15 is 0 Å². The van der Waals surface area contributed by atoms with E-state index in [0.29, 0.717) is 32.1 Å². The lowest BCUT2D eigenvalue weighted by molar-refractivity contribution is -0.115. The number of amides is 1. The summed E-state index contributed by atoms with van der Waals surface area (Å²) in [5, 5.41) is 7.04. The molecule has 0 unspecified atom stereocenters. The molecule has 4 aromatic rings. The number of fused-ring (bicyclic) bond motifs is 1. The van der Waals surface area contributed by atoms with Crippen LogP contribution >= 0.6 is 47.0 Å². The first-order valence-corrected chi connectivity index (χ1v) is 10.9. The predicted octanol–water partition coefficient (Wildman–Crippen LogP) is 6.72. The third-order valence-corrected chi connectivity index (χ3v) is 5.59. The lowest BCUT2D eigenvalue weighted by Crippen LogP contribution is -2.32. The van der Waals surface area contributed by atoms with E-state index in [-0.39, 0.29) is 5.11 Å². The van der Waals surface area contributed by atoms with Crippen molar-refractivity contribution in [3.8, 4) is 11.4 Å². The molecule has 3 N–H and O–H groups in total. The maximum absolute atomic E-state index is 12.2. The van der Waals surface area contributed by atoms with E-state index in [0.717, 1.165) is 16.6 Å². The number of thiocarbonyl (C=S) groups is 1. The van der Waals surface area contributed by atoms with Gasteiger partial charge in [0.25, 0.3) is 0 Å². The maximum atomic E-state index is 12.2. The van der Waals surface area contributed by atoms with Crippen LogP contribution in [-0.4, -0.2) is 21.0 Å². The molecule has 1 heterocycles. The van der Waals surface area contributed by atoms with Crippen molar-refractivity contribution in [2.75, 3.05) is 5.32 Å². The van der Waals surface area contributed by atoms with Crippen LogP contribution in [0, 0.1) is 0 Å². The number of aromatic nitrogens is 2. The van der Waals surface area contributed by atoms with Gasteiger partial charge in [0.15, 0.2) is 5.11 Å². The predicted molar refractivity (Wildman–Crippen MR) is 136 cm³/mol. The minimum atomic E-state index is -0.418. The Morgan fingerprint density at radius 1 is 1.00 bits per heavy atom. The van der Waals surface area contributed by atoms with E-state index < -0.39 is 5.91 Å². The summed E-state index contributed by atoms with van der Waals surface area (Å²) in [6, 6.07) is 18.2. The first-order valence-electron chi connectivity index (χ1n) is 9.39. The van der Waals surface area contributed by atoms with E-state index in [1.54, 1.807) is 30.3 Å². The van der Waals surface area contributed by atoms with Crippen molar-refractivity contribution in [3.05, 3.63) is 87.4 Å². The molecule has 5 nitrogen and oxygen atoms in total. The van der Waals surface area contributed by atoms with E-state index in [4.69, 9.17) is 47.0 Å². The number of H-pyrrole nitrogens is 1. The van der Waals surface area contributed by atoms with Gasteiger partial charge in [0.1, 0.15) is 5.82 Å². The summed E-state index contributed by atoms with van der Waals surface area (Å²) in [6.45, 7) is 0. The minimum absolute atomic E-state index is 0.102. The Morgan fingerprint density at radius 3 is 2.59 bits per heavy atom. The van der Waals surface area contributed by atoms with Crippen molar-refractivity contribution < 1.29 is 4.79 Å². The summed E-state index contributed by atoms with van der Waals surface area (Å²) in [6.07, 6.45) is 2.90. The molecule has 0 aliphatic heterocycles. The molecule has 0 spiro atoms. The van der Waals surface area contributed by atoms with E-state index in [9.17, 15) is 4.79 Å². The fourth-order valence-electron chi connectivity index (χ4n) is 2.97. The number of hydrogen-bond acceptors (Lipinski definition) is 3. The molecule has 0 aliphatic rings.